The lowest BCUT2D eigenvalue weighted by molar-refractivity contribution is -0.145. The van der Waals surface area contributed by atoms with Gasteiger partial charge in [-0.1, -0.05) is 68.7 Å². The van der Waals surface area contributed by atoms with Crippen LogP contribution in [-0.4, -0.2) is 24.7 Å². The minimum Gasteiger partial charge on any atom is -0.460 e. The predicted molar refractivity (Wildman–Crippen MR) is 149 cm³/mol. The molecule has 0 saturated carbocycles. The van der Waals surface area contributed by atoms with Gasteiger partial charge in [-0.05, 0) is 95.4 Å². The number of ether oxygens (including phenoxy) is 2. The van der Waals surface area contributed by atoms with E-state index in [2.05, 4.69) is 52.1 Å². The zero-order valence-electron chi connectivity index (χ0n) is 23.9. The monoisotopic (exact) mass is 497 g/mol. The molecule has 5 heteroatoms. The van der Waals surface area contributed by atoms with E-state index in [0.717, 1.165) is 31.2 Å². The van der Waals surface area contributed by atoms with Crippen molar-refractivity contribution in [1.29, 1.82) is 0 Å². The van der Waals surface area contributed by atoms with Crippen LogP contribution >= 0.6 is 0 Å². The Morgan fingerprint density at radius 2 is 1.53 bits per heavy atom. The number of amides is 1. The Hall–Kier alpha value is -2.82. The molecule has 0 aliphatic rings. The normalized spacial score (nSPS) is 13.0. The summed E-state index contributed by atoms with van der Waals surface area (Å²) in [6.07, 6.45) is 9.87. The quantitative estimate of drug-likeness (QED) is 0.220. The fourth-order valence-electron chi connectivity index (χ4n) is 3.60. The average Bonchev–Trinajstić information content (AvgIpc) is 2.78. The van der Waals surface area contributed by atoms with Gasteiger partial charge in [0.15, 0.2) is 0 Å². The molecule has 0 radical (unpaired) electrons. The molecule has 0 saturated heterocycles. The van der Waals surface area contributed by atoms with Crippen molar-refractivity contribution in [3.63, 3.8) is 0 Å². The van der Waals surface area contributed by atoms with Gasteiger partial charge in [0.25, 0.3) is 0 Å². The fraction of sp³-hybridized carbons (Fsp3) is 0.548. The number of hydrogen-bond donors (Lipinski definition) is 1. The van der Waals surface area contributed by atoms with Gasteiger partial charge in [-0.15, -0.1) is 0 Å². The lowest BCUT2D eigenvalue weighted by Crippen LogP contribution is -2.46. The van der Waals surface area contributed by atoms with Crippen molar-refractivity contribution in [3.05, 3.63) is 64.3 Å². The number of allylic oxidation sites excluding steroid dienone is 5. The summed E-state index contributed by atoms with van der Waals surface area (Å²) in [5, 5.41) is 2.67. The van der Waals surface area contributed by atoms with Crippen molar-refractivity contribution in [3.8, 4) is 5.75 Å². The first kappa shape index (κ1) is 31.2. The zero-order chi connectivity index (χ0) is 27.3. The van der Waals surface area contributed by atoms with Crippen molar-refractivity contribution in [1.82, 2.24) is 5.32 Å². The molecule has 36 heavy (non-hydrogen) atoms. The molecule has 1 unspecified atom stereocenters. The summed E-state index contributed by atoms with van der Waals surface area (Å²) in [4.78, 5) is 25.2. The third kappa shape index (κ3) is 12.2. The Morgan fingerprint density at radius 3 is 2.08 bits per heavy atom. The van der Waals surface area contributed by atoms with E-state index in [9.17, 15) is 9.59 Å². The second-order valence-corrected chi connectivity index (χ2v) is 10.5. The van der Waals surface area contributed by atoms with E-state index >= 15 is 0 Å². The first-order valence-electron chi connectivity index (χ1n) is 13.1. The number of benzene rings is 1. The Morgan fingerprint density at radius 1 is 0.917 bits per heavy atom. The maximum Gasteiger partial charge on any atom is 0.413 e. The fourth-order valence-corrected chi connectivity index (χ4v) is 3.60. The molecular weight excluding hydrogens is 450 g/mol. The molecule has 200 valence electrons. The van der Waals surface area contributed by atoms with E-state index in [4.69, 9.17) is 9.47 Å². The van der Waals surface area contributed by atoms with Gasteiger partial charge in [0, 0.05) is 0 Å². The Bertz CT molecular complexity index is 949. The summed E-state index contributed by atoms with van der Waals surface area (Å²) in [5.41, 5.74) is 5.98. The summed E-state index contributed by atoms with van der Waals surface area (Å²) < 4.78 is 10.9. The number of hydrogen-bond acceptors (Lipinski definition) is 4. The van der Waals surface area contributed by atoms with Gasteiger partial charge in [0.2, 0.25) is 0 Å². The summed E-state index contributed by atoms with van der Waals surface area (Å²) in [7, 11) is 0. The third-order valence-corrected chi connectivity index (χ3v) is 6.04. The van der Waals surface area contributed by atoms with Crippen molar-refractivity contribution in [2.24, 2.45) is 5.92 Å². The molecule has 0 heterocycles. The van der Waals surface area contributed by atoms with Crippen LogP contribution in [0.25, 0.3) is 0 Å². The van der Waals surface area contributed by atoms with E-state index < -0.39 is 18.1 Å². The summed E-state index contributed by atoms with van der Waals surface area (Å²) in [5.74, 6) is 0.266. The van der Waals surface area contributed by atoms with E-state index in [-0.39, 0.29) is 12.5 Å². The maximum absolute atomic E-state index is 12.7. The van der Waals surface area contributed by atoms with Crippen molar-refractivity contribution in [2.45, 2.75) is 100.0 Å². The van der Waals surface area contributed by atoms with Crippen LogP contribution < -0.4 is 10.1 Å². The van der Waals surface area contributed by atoms with Gasteiger partial charge < -0.3 is 14.8 Å². The van der Waals surface area contributed by atoms with Crippen LogP contribution in [0.1, 0.15) is 98.1 Å². The Kier molecular flexibility index (Phi) is 13.9. The smallest absolute Gasteiger partial charge is 0.413 e. The number of rotatable bonds is 13. The second-order valence-electron chi connectivity index (χ2n) is 10.5. The highest BCUT2D eigenvalue weighted by atomic mass is 16.6. The van der Waals surface area contributed by atoms with Crippen LogP contribution in [0.5, 0.6) is 5.75 Å². The number of carbonyl (C=O) groups excluding carboxylic acids is 2. The lowest BCUT2D eigenvalue weighted by atomic mass is 10.0. The molecule has 0 spiro atoms. The number of esters is 1. The van der Waals surface area contributed by atoms with E-state index in [1.807, 2.05) is 45.9 Å². The van der Waals surface area contributed by atoms with Crippen molar-refractivity contribution >= 4 is 12.1 Å². The van der Waals surface area contributed by atoms with Gasteiger partial charge in [-0.3, -0.25) is 0 Å². The van der Waals surface area contributed by atoms with Gasteiger partial charge in [-0.2, -0.15) is 0 Å². The highest BCUT2D eigenvalue weighted by Gasteiger charge is 2.26. The highest BCUT2D eigenvalue weighted by molar-refractivity contribution is 5.82. The molecule has 5 nitrogen and oxygen atoms in total. The molecule has 1 N–H and O–H groups in total. The number of carbonyl (C=O) groups is 2. The van der Waals surface area contributed by atoms with Crippen LogP contribution in [0.3, 0.4) is 0 Å². The van der Waals surface area contributed by atoms with Gasteiger partial charge in [0.1, 0.15) is 18.4 Å². The molecule has 0 aromatic heterocycles. The average molecular weight is 498 g/mol. The molecule has 0 aliphatic carbocycles. The van der Waals surface area contributed by atoms with Crippen LogP contribution in [0, 0.1) is 12.8 Å². The molecule has 1 rings (SSSR count). The molecule has 1 aromatic rings. The van der Waals surface area contributed by atoms with Crippen LogP contribution in [0.2, 0.25) is 0 Å². The molecule has 0 bridgehead atoms. The first-order chi connectivity index (χ1) is 16.9. The third-order valence-electron chi connectivity index (χ3n) is 6.04. The van der Waals surface area contributed by atoms with Crippen LogP contribution in [0.15, 0.2) is 53.1 Å². The van der Waals surface area contributed by atoms with E-state index in [0.29, 0.717) is 11.7 Å². The van der Waals surface area contributed by atoms with Crippen molar-refractivity contribution in [2.75, 3.05) is 6.61 Å². The molecule has 1 aromatic carbocycles. The van der Waals surface area contributed by atoms with Crippen LogP contribution in [0.4, 0.5) is 4.79 Å². The summed E-state index contributed by atoms with van der Waals surface area (Å²) >= 11 is 0. The Balaban J connectivity index is 2.55. The topological polar surface area (TPSA) is 64.6 Å². The highest BCUT2D eigenvalue weighted by Crippen LogP contribution is 2.23. The van der Waals surface area contributed by atoms with E-state index in [1.165, 1.54) is 22.3 Å². The molecule has 1 atom stereocenters. The lowest BCUT2D eigenvalue weighted by Gasteiger charge is -2.20. The molecule has 0 aliphatic heterocycles. The number of aryl methyl sites for hydroxylation is 1. The van der Waals surface area contributed by atoms with E-state index in [1.54, 1.807) is 6.07 Å². The zero-order valence-corrected chi connectivity index (χ0v) is 23.9. The van der Waals surface area contributed by atoms with Gasteiger partial charge in [0.05, 0.1) is 0 Å². The van der Waals surface area contributed by atoms with Crippen LogP contribution in [-0.2, 0) is 9.53 Å². The minimum atomic E-state index is -0.784. The molecule has 1 amide bonds. The molecule has 0 fully saturated rings. The minimum absolute atomic E-state index is 0.140. The largest absolute Gasteiger partial charge is 0.460 e. The predicted octanol–water partition coefficient (Wildman–Crippen LogP) is 8.19. The number of nitrogens with one attached hydrogen (secondary N) is 1. The maximum atomic E-state index is 12.7. The molecular formula is C31H47NO4. The standard InChI is InChI=1S/C31H47NO4/c1-21(2)12-10-13-24(7)14-11-15-25(8)18-19-35-30(33)29(23(5)6)32-31(34)36-28-17-16-27(22(3)4)20-26(28)9/h12,14,16-18,20,22-23,29H,10-11,13,15,19H2,1-9H3,(H,32,34)/b24-14+,25-18+. The summed E-state index contributed by atoms with van der Waals surface area (Å²) in [6.45, 7) is 18.5. The van der Waals surface area contributed by atoms with Crippen molar-refractivity contribution < 1.29 is 19.1 Å². The van der Waals surface area contributed by atoms with Gasteiger partial charge >= 0.3 is 12.1 Å². The SMILES string of the molecule is CC(C)=CCC/C(C)=C/CC/C(C)=C/COC(=O)C(NC(=O)Oc1ccc(C(C)C)cc1C)C(C)C. The first-order valence-corrected chi connectivity index (χ1v) is 13.1. The second kappa shape index (κ2) is 16.0. The van der Waals surface area contributed by atoms with Gasteiger partial charge in [-0.25, -0.2) is 9.59 Å². The Labute approximate surface area is 219 Å². The summed E-state index contributed by atoms with van der Waals surface area (Å²) in [6, 6.07) is 4.97.